The summed E-state index contributed by atoms with van der Waals surface area (Å²) in [5.74, 6) is -1.95. The Morgan fingerprint density at radius 2 is 1.21 bits per heavy atom. The predicted octanol–water partition coefficient (Wildman–Crippen LogP) is 0.353. The molecule has 6 nitrogen and oxygen atoms in total. The fraction of sp³-hybridized carbons (Fsp3) is 0.385. The molecule has 0 bridgehead atoms. The molecule has 0 atom stereocenters. The van der Waals surface area contributed by atoms with Gasteiger partial charge >= 0.3 is 0 Å². The van der Waals surface area contributed by atoms with Crippen molar-refractivity contribution in [3.05, 3.63) is 24.3 Å². The average molecular weight is 262 g/mol. The average Bonchev–Trinajstić information content (AvgIpc) is 2.87. The number of carbonyl (C=O) groups excluding carboxylic acids is 4. The number of imide groups is 2. The van der Waals surface area contributed by atoms with Crippen LogP contribution in [-0.4, -0.2) is 39.6 Å². The molecule has 0 fully saturated rings. The second-order valence-electron chi connectivity index (χ2n) is 4.38. The van der Waals surface area contributed by atoms with Crippen molar-refractivity contribution in [2.45, 2.75) is 32.4 Å². The molecule has 0 aromatic carbocycles. The number of nitrogens with zero attached hydrogens (tertiary/aromatic N) is 2. The molecule has 0 unspecified atom stereocenters. The largest absolute Gasteiger partial charge is 0.269 e. The second kappa shape index (κ2) is 5.17. The molecule has 19 heavy (non-hydrogen) atoms. The van der Waals surface area contributed by atoms with Gasteiger partial charge in [-0.15, -0.1) is 0 Å². The highest BCUT2D eigenvalue weighted by molar-refractivity contribution is 6.16. The summed E-state index contributed by atoms with van der Waals surface area (Å²) in [6.45, 7) is 1.95. The number of rotatable bonds is 5. The normalized spacial score (nSPS) is 18.6. The lowest BCUT2D eigenvalue weighted by Gasteiger charge is -2.32. The van der Waals surface area contributed by atoms with Gasteiger partial charge in [-0.1, -0.05) is 13.3 Å². The Bertz CT molecular complexity index is 429. The van der Waals surface area contributed by atoms with Gasteiger partial charge in [-0.2, -0.15) is 0 Å². The maximum Gasteiger partial charge on any atom is 0.255 e. The standard InChI is InChI=1S/C13H14N2O4/c1-2-3-4-9(14-10(16)5-6-11(14)17)15-12(18)7-8-13(15)19/h5-9H,2-4H2,1H3. The molecule has 2 aliphatic rings. The fourth-order valence-corrected chi connectivity index (χ4v) is 2.17. The summed E-state index contributed by atoms with van der Waals surface area (Å²) < 4.78 is 0. The number of carbonyl (C=O) groups is 4. The lowest BCUT2D eigenvalue weighted by Crippen LogP contribution is -2.53. The molecule has 0 spiro atoms. The summed E-state index contributed by atoms with van der Waals surface area (Å²) in [6, 6.07) is 0. The molecule has 0 N–H and O–H groups in total. The Morgan fingerprint density at radius 1 is 0.842 bits per heavy atom. The van der Waals surface area contributed by atoms with E-state index >= 15 is 0 Å². The number of hydrogen-bond donors (Lipinski definition) is 0. The molecule has 2 heterocycles. The van der Waals surface area contributed by atoms with Gasteiger partial charge in [0, 0.05) is 24.3 Å². The first-order valence-electron chi connectivity index (χ1n) is 6.16. The molecule has 100 valence electrons. The van der Waals surface area contributed by atoms with Crippen molar-refractivity contribution in [1.82, 2.24) is 9.80 Å². The Balaban J connectivity index is 2.26. The van der Waals surface area contributed by atoms with Gasteiger partial charge in [-0.3, -0.25) is 29.0 Å². The lowest BCUT2D eigenvalue weighted by atomic mass is 10.1. The van der Waals surface area contributed by atoms with Gasteiger partial charge in [-0.25, -0.2) is 0 Å². The summed E-state index contributed by atoms with van der Waals surface area (Å²) in [4.78, 5) is 48.8. The Labute approximate surface area is 110 Å². The van der Waals surface area contributed by atoms with Crippen LogP contribution in [0.3, 0.4) is 0 Å². The smallest absolute Gasteiger partial charge is 0.255 e. The van der Waals surface area contributed by atoms with Crippen LogP contribution in [0.4, 0.5) is 0 Å². The first-order chi connectivity index (χ1) is 9.06. The summed E-state index contributed by atoms with van der Waals surface area (Å²) in [7, 11) is 0. The van der Waals surface area contributed by atoms with Crippen molar-refractivity contribution >= 4 is 23.6 Å². The highest BCUT2D eigenvalue weighted by Gasteiger charge is 2.40. The van der Waals surface area contributed by atoms with Crippen LogP contribution >= 0.6 is 0 Å². The van der Waals surface area contributed by atoms with E-state index in [4.69, 9.17) is 0 Å². The monoisotopic (exact) mass is 262 g/mol. The maximum absolute atomic E-state index is 11.7. The quantitative estimate of drug-likeness (QED) is 0.670. The summed E-state index contributed by atoms with van der Waals surface area (Å²) in [6.07, 6.45) is 5.72. The van der Waals surface area contributed by atoms with E-state index in [2.05, 4.69) is 0 Å². The molecule has 0 aromatic rings. The van der Waals surface area contributed by atoms with Crippen LogP contribution in [0.1, 0.15) is 26.2 Å². The van der Waals surface area contributed by atoms with Crippen LogP contribution in [0.15, 0.2) is 24.3 Å². The van der Waals surface area contributed by atoms with Crippen LogP contribution in [0, 0.1) is 0 Å². The molecule has 0 aliphatic carbocycles. The van der Waals surface area contributed by atoms with E-state index < -0.39 is 29.8 Å². The minimum Gasteiger partial charge on any atom is -0.269 e. The third-order valence-corrected chi connectivity index (χ3v) is 3.10. The zero-order valence-corrected chi connectivity index (χ0v) is 10.5. The zero-order chi connectivity index (χ0) is 14.0. The zero-order valence-electron chi connectivity index (χ0n) is 10.5. The van der Waals surface area contributed by atoms with Gasteiger partial charge in [0.1, 0.15) is 6.17 Å². The highest BCUT2D eigenvalue weighted by Crippen LogP contribution is 2.21. The van der Waals surface area contributed by atoms with Crippen LogP contribution in [-0.2, 0) is 19.2 Å². The van der Waals surface area contributed by atoms with Crippen molar-refractivity contribution in [3.8, 4) is 0 Å². The van der Waals surface area contributed by atoms with Gasteiger partial charge in [0.25, 0.3) is 23.6 Å². The van der Waals surface area contributed by atoms with Crippen molar-refractivity contribution < 1.29 is 19.2 Å². The molecule has 6 heteroatoms. The topological polar surface area (TPSA) is 74.8 Å². The third-order valence-electron chi connectivity index (χ3n) is 3.10. The SMILES string of the molecule is CCCCC(N1C(=O)C=CC1=O)N1C(=O)C=CC1=O. The van der Waals surface area contributed by atoms with Gasteiger partial charge in [0.05, 0.1) is 0 Å². The summed E-state index contributed by atoms with van der Waals surface area (Å²) in [5, 5.41) is 0. The highest BCUT2D eigenvalue weighted by atomic mass is 16.2. The Hall–Kier alpha value is -2.24. The second-order valence-corrected chi connectivity index (χ2v) is 4.38. The predicted molar refractivity (Wildman–Crippen MR) is 65.3 cm³/mol. The van der Waals surface area contributed by atoms with Crippen LogP contribution in [0.5, 0.6) is 0 Å². The van der Waals surface area contributed by atoms with Crippen molar-refractivity contribution in [2.75, 3.05) is 0 Å². The lowest BCUT2D eigenvalue weighted by molar-refractivity contribution is -0.152. The van der Waals surface area contributed by atoms with Crippen molar-refractivity contribution in [1.29, 1.82) is 0 Å². The minimum atomic E-state index is -0.829. The molecule has 4 amide bonds. The van der Waals surface area contributed by atoms with Gasteiger partial charge < -0.3 is 0 Å². The van der Waals surface area contributed by atoms with E-state index in [1.165, 1.54) is 0 Å². The van der Waals surface area contributed by atoms with E-state index in [0.717, 1.165) is 40.5 Å². The Kier molecular flexibility index (Phi) is 3.59. The van der Waals surface area contributed by atoms with E-state index in [-0.39, 0.29) is 0 Å². The first-order valence-corrected chi connectivity index (χ1v) is 6.16. The maximum atomic E-state index is 11.7. The molecular formula is C13H14N2O4. The van der Waals surface area contributed by atoms with Crippen LogP contribution in [0.25, 0.3) is 0 Å². The Morgan fingerprint density at radius 3 is 1.53 bits per heavy atom. The molecule has 0 saturated carbocycles. The number of hydrogen-bond acceptors (Lipinski definition) is 4. The minimum absolute atomic E-state index is 0.398. The van der Waals surface area contributed by atoms with Crippen LogP contribution < -0.4 is 0 Å². The van der Waals surface area contributed by atoms with E-state index in [1.54, 1.807) is 0 Å². The number of unbranched alkanes of at least 4 members (excludes halogenated alkanes) is 1. The summed E-state index contributed by atoms with van der Waals surface area (Å²) >= 11 is 0. The molecule has 0 saturated heterocycles. The van der Waals surface area contributed by atoms with Crippen LogP contribution in [0.2, 0.25) is 0 Å². The van der Waals surface area contributed by atoms with Crippen molar-refractivity contribution in [3.63, 3.8) is 0 Å². The van der Waals surface area contributed by atoms with Gasteiger partial charge in [-0.05, 0) is 12.8 Å². The molecule has 0 aromatic heterocycles. The third kappa shape index (κ3) is 2.33. The molecule has 2 aliphatic heterocycles. The molecule has 0 radical (unpaired) electrons. The van der Waals surface area contributed by atoms with E-state index in [1.807, 2.05) is 6.92 Å². The number of amides is 4. The molecule has 2 rings (SSSR count). The first kappa shape index (κ1) is 13.2. The molecular weight excluding hydrogens is 248 g/mol. The fourth-order valence-electron chi connectivity index (χ4n) is 2.17. The van der Waals surface area contributed by atoms with E-state index in [0.29, 0.717) is 12.8 Å². The van der Waals surface area contributed by atoms with Crippen molar-refractivity contribution in [2.24, 2.45) is 0 Å². The van der Waals surface area contributed by atoms with E-state index in [9.17, 15) is 19.2 Å². The summed E-state index contributed by atoms with van der Waals surface area (Å²) in [5.41, 5.74) is 0. The van der Waals surface area contributed by atoms with Gasteiger partial charge in [0.2, 0.25) is 0 Å². The van der Waals surface area contributed by atoms with Gasteiger partial charge in [0.15, 0.2) is 0 Å².